The number of aliphatic hydroxyl groups excluding tert-OH is 1. The molecule has 2 unspecified atom stereocenters. The number of aromatic nitrogens is 1. The molecule has 2 N–H and O–H groups in total. The highest BCUT2D eigenvalue weighted by molar-refractivity contribution is 6.35. The van der Waals surface area contributed by atoms with Crippen LogP contribution in [0.1, 0.15) is 40.0 Å². The molecule has 2 atom stereocenters. The molecule has 0 saturated carbocycles. The number of hydrogen-bond donors (Lipinski definition) is 2. The number of fused-ring (bicyclic) bond motifs is 1. The molecule has 0 saturated heterocycles. The second kappa shape index (κ2) is 7.00. The van der Waals surface area contributed by atoms with Gasteiger partial charge < -0.3 is 5.11 Å². The van der Waals surface area contributed by atoms with Crippen LogP contribution >= 0.6 is 23.2 Å². The summed E-state index contributed by atoms with van der Waals surface area (Å²) in [6.07, 6.45) is -0.166. The van der Waals surface area contributed by atoms with E-state index in [-0.39, 0.29) is 36.4 Å². The number of carbonyl (C=O) groups excluding carboxylic acids is 1. The summed E-state index contributed by atoms with van der Waals surface area (Å²) in [5.41, 5.74) is -0.328. The number of nitrogens with one attached hydrogen (secondary N) is 1. The van der Waals surface area contributed by atoms with Gasteiger partial charge in [-0.2, -0.15) is 0 Å². The molecule has 1 aromatic carbocycles. The van der Waals surface area contributed by atoms with E-state index in [1.807, 2.05) is 6.92 Å². The predicted octanol–water partition coefficient (Wildman–Crippen LogP) is 3.95. The number of halogens is 3. The quantitative estimate of drug-likeness (QED) is 0.785. The lowest BCUT2D eigenvalue weighted by atomic mass is 9.81. The van der Waals surface area contributed by atoms with Gasteiger partial charge >= 0.3 is 0 Å². The molecule has 0 fully saturated rings. The van der Waals surface area contributed by atoms with Crippen LogP contribution in [0.5, 0.6) is 0 Å². The van der Waals surface area contributed by atoms with Crippen molar-refractivity contribution in [1.82, 2.24) is 10.3 Å². The number of aliphatic hydroxyl groups is 1. The fraction of sp³-hybridized carbons (Fsp3) is 0.333. The van der Waals surface area contributed by atoms with Gasteiger partial charge in [0.2, 0.25) is 0 Å². The van der Waals surface area contributed by atoms with Crippen LogP contribution in [0.4, 0.5) is 4.39 Å². The van der Waals surface area contributed by atoms with E-state index in [0.29, 0.717) is 10.0 Å². The van der Waals surface area contributed by atoms with Gasteiger partial charge in [0.25, 0.3) is 0 Å². The summed E-state index contributed by atoms with van der Waals surface area (Å²) in [6, 6.07) is 6.40. The van der Waals surface area contributed by atoms with Crippen molar-refractivity contribution in [2.24, 2.45) is 0 Å². The van der Waals surface area contributed by atoms with Crippen molar-refractivity contribution >= 4 is 29.0 Å². The van der Waals surface area contributed by atoms with E-state index in [9.17, 15) is 9.90 Å². The molecular weight excluding hydrogens is 366 g/mol. The van der Waals surface area contributed by atoms with Crippen LogP contribution in [0, 0.1) is 6.92 Å². The zero-order valence-electron chi connectivity index (χ0n) is 13.5. The molecule has 0 aliphatic heterocycles. The van der Waals surface area contributed by atoms with E-state index in [1.54, 1.807) is 18.2 Å². The standard InChI is InChI=1S/C18H17Cl2FN2O2/c1-10-7-11(19)8-14(20)12(10)9-23-17(25)18(21)5-4-15(24)16-13(18)3-2-6-22-16/h2-3,6-8,17,23,25H,4-5,9H2,1H3. The maximum absolute atomic E-state index is 15.5. The molecule has 1 aliphatic rings. The molecule has 7 heteroatoms. The molecular formula is C18H17Cl2FN2O2. The van der Waals surface area contributed by atoms with Crippen LogP contribution in [0.2, 0.25) is 10.0 Å². The molecule has 3 rings (SSSR count). The number of nitrogens with zero attached hydrogens (tertiary/aromatic N) is 1. The molecule has 2 aromatic rings. The minimum atomic E-state index is -2.09. The summed E-state index contributed by atoms with van der Waals surface area (Å²) in [4.78, 5) is 15.9. The third kappa shape index (κ3) is 3.42. The van der Waals surface area contributed by atoms with Gasteiger partial charge in [-0.15, -0.1) is 0 Å². The van der Waals surface area contributed by atoms with Crippen molar-refractivity contribution < 1.29 is 14.3 Å². The maximum atomic E-state index is 15.5. The monoisotopic (exact) mass is 382 g/mol. The molecule has 0 radical (unpaired) electrons. The minimum absolute atomic E-state index is 0.0000177. The molecule has 0 amide bonds. The van der Waals surface area contributed by atoms with E-state index in [4.69, 9.17) is 23.2 Å². The summed E-state index contributed by atoms with van der Waals surface area (Å²) in [5, 5.41) is 14.2. The van der Waals surface area contributed by atoms with Crippen molar-refractivity contribution in [1.29, 1.82) is 0 Å². The molecule has 1 aliphatic carbocycles. The summed E-state index contributed by atoms with van der Waals surface area (Å²) < 4.78 is 15.5. The largest absolute Gasteiger partial charge is 0.375 e. The van der Waals surface area contributed by atoms with Crippen LogP contribution < -0.4 is 5.32 Å². The van der Waals surface area contributed by atoms with E-state index < -0.39 is 11.9 Å². The number of ketones is 1. The lowest BCUT2D eigenvalue weighted by Gasteiger charge is -2.35. The molecule has 0 bridgehead atoms. The number of benzene rings is 1. The molecule has 1 aromatic heterocycles. The Morgan fingerprint density at radius 3 is 2.92 bits per heavy atom. The summed E-state index contributed by atoms with van der Waals surface area (Å²) in [6.45, 7) is 2.00. The summed E-state index contributed by atoms with van der Waals surface area (Å²) >= 11 is 12.1. The topological polar surface area (TPSA) is 62.2 Å². The SMILES string of the molecule is Cc1cc(Cl)cc(Cl)c1CNC(O)C1(F)CCC(=O)c2ncccc21. The van der Waals surface area contributed by atoms with Gasteiger partial charge in [-0.25, -0.2) is 4.39 Å². The van der Waals surface area contributed by atoms with E-state index in [1.165, 1.54) is 12.3 Å². The van der Waals surface area contributed by atoms with Crippen LogP contribution in [-0.4, -0.2) is 22.1 Å². The normalized spacial score (nSPS) is 21.1. The number of pyridine rings is 1. The summed E-state index contributed by atoms with van der Waals surface area (Å²) in [7, 11) is 0. The van der Waals surface area contributed by atoms with Crippen molar-refractivity contribution in [3.63, 3.8) is 0 Å². The summed E-state index contributed by atoms with van der Waals surface area (Å²) in [5.74, 6) is -0.215. The van der Waals surface area contributed by atoms with Gasteiger partial charge in [0.1, 0.15) is 11.9 Å². The Balaban J connectivity index is 1.83. The van der Waals surface area contributed by atoms with Gasteiger partial charge in [0.15, 0.2) is 11.5 Å². The van der Waals surface area contributed by atoms with E-state index in [0.717, 1.165) is 11.1 Å². The lowest BCUT2D eigenvalue weighted by Crippen LogP contribution is -2.48. The fourth-order valence-corrected chi connectivity index (χ4v) is 3.77. The Morgan fingerprint density at radius 1 is 1.44 bits per heavy atom. The highest BCUT2D eigenvalue weighted by Gasteiger charge is 2.46. The van der Waals surface area contributed by atoms with Gasteiger partial charge in [0.05, 0.1) is 0 Å². The Hall–Kier alpha value is -1.53. The average molecular weight is 383 g/mol. The second-order valence-electron chi connectivity index (χ2n) is 6.15. The Labute approximate surface area is 155 Å². The first-order valence-electron chi connectivity index (χ1n) is 7.86. The Morgan fingerprint density at radius 2 is 2.20 bits per heavy atom. The molecule has 0 spiro atoms. The Kier molecular flexibility index (Phi) is 5.11. The van der Waals surface area contributed by atoms with Gasteiger partial charge in [0, 0.05) is 34.8 Å². The molecule has 132 valence electrons. The smallest absolute Gasteiger partial charge is 0.181 e. The number of alkyl halides is 1. The van der Waals surface area contributed by atoms with Crippen LogP contribution in [0.25, 0.3) is 0 Å². The van der Waals surface area contributed by atoms with E-state index >= 15 is 4.39 Å². The first-order valence-corrected chi connectivity index (χ1v) is 8.62. The van der Waals surface area contributed by atoms with Crippen LogP contribution in [0.15, 0.2) is 30.5 Å². The first-order chi connectivity index (χ1) is 11.8. The minimum Gasteiger partial charge on any atom is -0.375 e. The fourth-order valence-electron chi connectivity index (χ4n) is 3.11. The van der Waals surface area contributed by atoms with Crippen molar-refractivity contribution in [3.8, 4) is 0 Å². The highest BCUT2D eigenvalue weighted by atomic mass is 35.5. The molecule has 4 nitrogen and oxygen atoms in total. The highest BCUT2D eigenvalue weighted by Crippen LogP contribution is 2.40. The number of rotatable bonds is 4. The maximum Gasteiger partial charge on any atom is 0.181 e. The number of hydrogen-bond acceptors (Lipinski definition) is 4. The van der Waals surface area contributed by atoms with Gasteiger partial charge in [-0.05, 0) is 42.7 Å². The predicted molar refractivity (Wildman–Crippen MR) is 94.6 cm³/mol. The first kappa shape index (κ1) is 18.3. The van der Waals surface area contributed by atoms with Crippen molar-refractivity contribution in [2.45, 2.75) is 38.2 Å². The number of Topliss-reactive ketones (excluding diaryl/α,β-unsaturated/α-hetero) is 1. The van der Waals surface area contributed by atoms with Gasteiger partial charge in [-0.1, -0.05) is 29.3 Å². The number of aryl methyl sites for hydroxylation is 1. The lowest BCUT2D eigenvalue weighted by molar-refractivity contribution is -0.0446. The van der Waals surface area contributed by atoms with Crippen LogP contribution in [0.3, 0.4) is 0 Å². The molecule has 1 heterocycles. The van der Waals surface area contributed by atoms with Crippen molar-refractivity contribution in [3.05, 3.63) is 62.9 Å². The third-order valence-corrected chi connectivity index (χ3v) is 5.08. The third-order valence-electron chi connectivity index (χ3n) is 4.52. The average Bonchev–Trinajstić information content (AvgIpc) is 2.57. The van der Waals surface area contributed by atoms with Gasteiger partial charge in [-0.3, -0.25) is 15.1 Å². The van der Waals surface area contributed by atoms with Crippen LogP contribution in [-0.2, 0) is 12.2 Å². The Bertz CT molecular complexity index is 807. The zero-order valence-corrected chi connectivity index (χ0v) is 15.0. The molecule has 25 heavy (non-hydrogen) atoms. The second-order valence-corrected chi connectivity index (χ2v) is 7.00. The number of carbonyl (C=O) groups is 1. The zero-order chi connectivity index (χ0) is 18.2. The van der Waals surface area contributed by atoms with E-state index in [2.05, 4.69) is 10.3 Å². The van der Waals surface area contributed by atoms with Crippen molar-refractivity contribution in [2.75, 3.05) is 0 Å².